The molecule has 0 aromatic rings. The lowest BCUT2D eigenvalue weighted by molar-refractivity contribution is -0.258. The van der Waals surface area contributed by atoms with E-state index in [0.717, 1.165) is 6.16 Å². The molecular formula is C9H16F3OP. The molecule has 0 aromatic heterocycles. The molecule has 1 nitrogen and oxygen atoms in total. The number of alkyl halides is 3. The van der Waals surface area contributed by atoms with Crippen LogP contribution in [0.3, 0.4) is 0 Å². The fourth-order valence-electron chi connectivity index (χ4n) is 1.53. The first kappa shape index (κ1) is 12.3. The van der Waals surface area contributed by atoms with E-state index >= 15 is 0 Å². The van der Waals surface area contributed by atoms with E-state index in [4.69, 9.17) is 0 Å². The van der Waals surface area contributed by atoms with Gasteiger partial charge in [-0.1, -0.05) is 6.92 Å². The van der Waals surface area contributed by atoms with E-state index in [1.165, 1.54) is 0 Å². The van der Waals surface area contributed by atoms with Gasteiger partial charge >= 0.3 is 6.18 Å². The van der Waals surface area contributed by atoms with Crippen LogP contribution in [0.1, 0.15) is 19.8 Å². The Morgan fingerprint density at radius 1 is 1.36 bits per heavy atom. The molecule has 14 heavy (non-hydrogen) atoms. The highest BCUT2D eigenvalue weighted by Gasteiger charge is 2.61. The van der Waals surface area contributed by atoms with Gasteiger partial charge in [-0.2, -0.15) is 13.2 Å². The van der Waals surface area contributed by atoms with E-state index in [-0.39, 0.29) is 6.16 Å². The zero-order chi connectivity index (χ0) is 11.0. The lowest BCUT2D eigenvalue weighted by Crippen LogP contribution is -2.50. The van der Waals surface area contributed by atoms with E-state index < -0.39 is 25.6 Å². The van der Waals surface area contributed by atoms with Crippen molar-refractivity contribution in [3.8, 4) is 0 Å². The first-order chi connectivity index (χ1) is 6.31. The summed E-state index contributed by atoms with van der Waals surface area (Å²) in [6.07, 6.45) is -2.78. The zero-order valence-electron chi connectivity index (χ0n) is 8.43. The van der Waals surface area contributed by atoms with Crippen molar-refractivity contribution in [2.45, 2.75) is 31.5 Å². The van der Waals surface area contributed by atoms with Crippen LogP contribution in [0, 0.1) is 5.92 Å². The number of hydrogen-bond donors (Lipinski definition) is 1. The second-order valence-electron chi connectivity index (χ2n) is 4.03. The standard InChI is InChI=1S/C9H16F3OP/c1-3-14(2)6-8(13,7-4-5-7)9(10,11)12/h7,13H,3-6H2,1-2H3. The zero-order valence-corrected chi connectivity index (χ0v) is 9.33. The van der Waals surface area contributed by atoms with E-state index in [2.05, 4.69) is 0 Å². The van der Waals surface area contributed by atoms with Crippen LogP contribution >= 0.6 is 7.92 Å². The molecule has 0 aromatic carbocycles. The number of halogens is 3. The van der Waals surface area contributed by atoms with Gasteiger partial charge in [0.25, 0.3) is 0 Å². The molecule has 0 bridgehead atoms. The number of aliphatic hydroxyl groups is 1. The largest absolute Gasteiger partial charge is 0.417 e. The van der Waals surface area contributed by atoms with Crippen molar-refractivity contribution < 1.29 is 18.3 Å². The van der Waals surface area contributed by atoms with Crippen molar-refractivity contribution in [2.24, 2.45) is 5.92 Å². The number of rotatable bonds is 4. The van der Waals surface area contributed by atoms with Gasteiger partial charge in [-0.05, 0) is 31.6 Å². The molecule has 1 N–H and O–H groups in total. The quantitative estimate of drug-likeness (QED) is 0.733. The Morgan fingerprint density at radius 3 is 2.14 bits per heavy atom. The van der Waals surface area contributed by atoms with Crippen LogP contribution in [0.5, 0.6) is 0 Å². The fourth-order valence-corrected chi connectivity index (χ4v) is 3.02. The first-order valence-electron chi connectivity index (χ1n) is 4.79. The predicted molar refractivity (Wildman–Crippen MR) is 52.0 cm³/mol. The molecule has 2 unspecified atom stereocenters. The van der Waals surface area contributed by atoms with E-state index in [9.17, 15) is 18.3 Å². The molecule has 0 amide bonds. The summed E-state index contributed by atoms with van der Waals surface area (Å²) in [5.74, 6) is -0.543. The van der Waals surface area contributed by atoms with Crippen molar-refractivity contribution in [1.82, 2.24) is 0 Å². The molecule has 84 valence electrons. The molecule has 0 saturated heterocycles. The third-order valence-corrected chi connectivity index (χ3v) is 4.90. The minimum absolute atomic E-state index is 0.0903. The average Bonchev–Trinajstić information content (AvgIpc) is 2.84. The summed E-state index contributed by atoms with van der Waals surface area (Å²) in [7, 11) is -0.693. The predicted octanol–water partition coefficient (Wildman–Crippen LogP) is 2.82. The van der Waals surface area contributed by atoms with E-state index in [0.29, 0.717) is 12.8 Å². The Labute approximate surface area is 83.4 Å². The van der Waals surface area contributed by atoms with Gasteiger partial charge in [0.1, 0.15) is 0 Å². The first-order valence-corrected chi connectivity index (χ1v) is 6.95. The van der Waals surface area contributed by atoms with Gasteiger partial charge in [0.15, 0.2) is 5.60 Å². The van der Waals surface area contributed by atoms with E-state index in [1.807, 2.05) is 13.6 Å². The molecular weight excluding hydrogens is 212 g/mol. The average molecular weight is 228 g/mol. The van der Waals surface area contributed by atoms with Crippen LogP contribution in [-0.2, 0) is 0 Å². The van der Waals surface area contributed by atoms with Gasteiger partial charge < -0.3 is 5.11 Å². The van der Waals surface area contributed by atoms with Gasteiger partial charge in [0.2, 0.25) is 0 Å². The summed E-state index contributed by atoms with van der Waals surface area (Å²) in [5, 5.41) is 9.68. The summed E-state index contributed by atoms with van der Waals surface area (Å²) in [6, 6.07) is 0. The summed E-state index contributed by atoms with van der Waals surface area (Å²) >= 11 is 0. The maximum absolute atomic E-state index is 12.7. The van der Waals surface area contributed by atoms with Crippen molar-refractivity contribution >= 4 is 7.92 Å². The molecule has 0 spiro atoms. The Bertz CT molecular complexity index is 203. The molecule has 1 rings (SSSR count). The topological polar surface area (TPSA) is 20.2 Å². The monoisotopic (exact) mass is 228 g/mol. The van der Waals surface area contributed by atoms with Crippen molar-refractivity contribution in [3.05, 3.63) is 0 Å². The molecule has 2 atom stereocenters. The third-order valence-electron chi connectivity index (χ3n) is 2.79. The van der Waals surface area contributed by atoms with Gasteiger partial charge in [-0.25, -0.2) is 0 Å². The molecule has 0 aliphatic heterocycles. The highest BCUT2D eigenvalue weighted by molar-refractivity contribution is 7.56. The minimum Gasteiger partial charge on any atom is -0.380 e. The second kappa shape index (κ2) is 3.97. The van der Waals surface area contributed by atoms with Crippen LogP contribution in [-0.4, -0.2) is 35.9 Å². The van der Waals surface area contributed by atoms with Crippen molar-refractivity contribution in [1.29, 1.82) is 0 Å². The fraction of sp³-hybridized carbons (Fsp3) is 1.00. The summed E-state index contributed by atoms with van der Waals surface area (Å²) in [5.41, 5.74) is -2.40. The summed E-state index contributed by atoms with van der Waals surface area (Å²) in [6.45, 7) is 3.68. The molecule has 0 radical (unpaired) electrons. The van der Waals surface area contributed by atoms with Crippen LogP contribution in [0.25, 0.3) is 0 Å². The molecule has 1 aliphatic carbocycles. The van der Waals surface area contributed by atoms with Gasteiger partial charge in [0, 0.05) is 6.16 Å². The van der Waals surface area contributed by atoms with Gasteiger partial charge in [-0.15, -0.1) is 7.92 Å². The minimum atomic E-state index is -4.46. The Kier molecular flexibility index (Phi) is 3.48. The molecule has 1 saturated carbocycles. The Hall–Kier alpha value is 0.180. The molecule has 0 heterocycles. The van der Waals surface area contributed by atoms with Gasteiger partial charge in [0.05, 0.1) is 0 Å². The van der Waals surface area contributed by atoms with Crippen LogP contribution < -0.4 is 0 Å². The lowest BCUT2D eigenvalue weighted by Gasteiger charge is -2.32. The highest BCUT2D eigenvalue weighted by Crippen LogP contribution is 2.52. The van der Waals surface area contributed by atoms with Crippen molar-refractivity contribution in [2.75, 3.05) is 19.0 Å². The molecule has 1 fully saturated rings. The maximum atomic E-state index is 12.7. The Morgan fingerprint density at radius 2 is 1.86 bits per heavy atom. The van der Waals surface area contributed by atoms with Crippen LogP contribution in [0.2, 0.25) is 0 Å². The number of hydrogen-bond acceptors (Lipinski definition) is 1. The summed E-state index contributed by atoms with van der Waals surface area (Å²) in [4.78, 5) is 0. The SMILES string of the molecule is CCP(C)CC(O)(C1CC1)C(F)(F)F. The lowest BCUT2D eigenvalue weighted by atomic mass is 10.00. The van der Waals surface area contributed by atoms with Gasteiger partial charge in [-0.3, -0.25) is 0 Å². The highest BCUT2D eigenvalue weighted by atomic mass is 31.1. The van der Waals surface area contributed by atoms with Crippen LogP contribution in [0.15, 0.2) is 0 Å². The summed E-state index contributed by atoms with van der Waals surface area (Å²) < 4.78 is 38.0. The maximum Gasteiger partial charge on any atom is 0.417 e. The normalized spacial score (nSPS) is 24.4. The van der Waals surface area contributed by atoms with E-state index in [1.54, 1.807) is 0 Å². The molecule has 5 heteroatoms. The third kappa shape index (κ3) is 2.40. The van der Waals surface area contributed by atoms with Crippen molar-refractivity contribution in [3.63, 3.8) is 0 Å². The Balaban J connectivity index is 2.71. The second-order valence-corrected chi connectivity index (χ2v) is 6.69. The molecule has 1 aliphatic rings. The van der Waals surface area contributed by atoms with Crippen LogP contribution in [0.4, 0.5) is 13.2 Å². The smallest absolute Gasteiger partial charge is 0.380 e.